The number of aromatic amines is 1. The zero-order valence-electron chi connectivity index (χ0n) is 11.4. The number of rotatable bonds is 2. The first kappa shape index (κ1) is 12.9. The minimum atomic E-state index is -1.05. The van der Waals surface area contributed by atoms with E-state index in [1.54, 1.807) is 0 Å². The standard InChI is InChI=1S/C12H19N7O/c1-8-6-9(18-17-8)12(14)7-10(15-11(13)16-12)19-2-4-20-5-3-19/h6-7H,2-5,14H2,1H3,(H,17,18)(H3,13,15,16). The Balaban J connectivity index is 1.92. The van der Waals surface area contributed by atoms with Crippen molar-refractivity contribution in [1.82, 2.24) is 20.4 Å². The summed E-state index contributed by atoms with van der Waals surface area (Å²) in [7, 11) is 0. The van der Waals surface area contributed by atoms with Crippen molar-refractivity contribution in [2.75, 3.05) is 26.3 Å². The second kappa shape index (κ2) is 4.80. The monoisotopic (exact) mass is 277 g/mol. The molecule has 0 amide bonds. The first-order valence-electron chi connectivity index (χ1n) is 6.56. The predicted molar refractivity (Wildman–Crippen MR) is 74.4 cm³/mol. The van der Waals surface area contributed by atoms with E-state index in [1.807, 2.05) is 19.1 Å². The van der Waals surface area contributed by atoms with E-state index in [1.165, 1.54) is 0 Å². The molecule has 3 rings (SSSR count). The summed E-state index contributed by atoms with van der Waals surface area (Å²) in [5.74, 6) is 1.14. The summed E-state index contributed by atoms with van der Waals surface area (Å²) in [5.41, 5.74) is 12.8. The molecule has 1 atom stereocenters. The maximum Gasteiger partial charge on any atom is 0.196 e. The number of nitrogens with zero attached hydrogens (tertiary/aromatic N) is 3. The number of aryl methyl sites for hydroxylation is 1. The van der Waals surface area contributed by atoms with Gasteiger partial charge in [-0.25, -0.2) is 4.99 Å². The third-order valence-corrected chi connectivity index (χ3v) is 3.39. The van der Waals surface area contributed by atoms with Crippen molar-refractivity contribution < 1.29 is 4.74 Å². The quantitative estimate of drug-likeness (QED) is 0.546. The van der Waals surface area contributed by atoms with Gasteiger partial charge in [0.15, 0.2) is 11.6 Å². The summed E-state index contributed by atoms with van der Waals surface area (Å²) < 4.78 is 5.35. The third-order valence-electron chi connectivity index (χ3n) is 3.39. The van der Waals surface area contributed by atoms with Crippen molar-refractivity contribution in [3.63, 3.8) is 0 Å². The lowest BCUT2D eigenvalue weighted by Crippen LogP contribution is -2.50. The number of nitrogens with two attached hydrogens (primary N) is 2. The normalized spacial score (nSPS) is 26.8. The summed E-state index contributed by atoms with van der Waals surface area (Å²) in [6.07, 6.45) is 1.85. The fourth-order valence-corrected chi connectivity index (χ4v) is 2.36. The van der Waals surface area contributed by atoms with E-state index in [0.717, 1.165) is 24.6 Å². The van der Waals surface area contributed by atoms with Crippen LogP contribution in [0.25, 0.3) is 0 Å². The fourth-order valence-electron chi connectivity index (χ4n) is 2.36. The molecule has 20 heavy (non-hydrogen) atoms. The number of aromatic nitrogens is 2. The fraction of sp³-hybridized carbons (Fsp3) is 0.500. The van der Waals surface area contributed by atoms with Crippen molar-refractivity contribution in [3.8, 4) is 0 Å². The molecule has 8 heteroatoms. The number of guanidine groups is 1. The van der Waals surface area contributed by atoms with Gasteiger partial charge in [-0.1, -0.05) is 0 Å². The smallest absolute Gasteiger partial charge is 0.196 e. The molecule has 0 aromatic carbocycles. The van der Waals surface area contributed by atoms with Gasteiger partial charge in [0.1, 0.15) is 11.5 Å². The molecule has 3 heterocycles. The molecule has 108 valence electrons. The zero-order valence-corrected chi connectivity index (χ0v) is 11.4. The van der Waals surface area contributed by atoms with E-state index < -0.39 is 5.66 Å². The van der Waals surface area contributed by atoms with Crippen LogP contribution in [0.15, 0.2) is 23.0 Å². The van der Waals surface area contributed by atoms with Gasteiger partial charge >= 0.3 is 0 Å². The number of hydrogen-bond donors (Lipinski definition) is 4. The average molecular weight is 277 g/mol. The molecule has 8 nitrogen and oxygen atoms in total. The van der Waals surface area contributed by atoms with Gasteiger partial charge in [0.2, 0.25) is 0 Å². The minimum absolute atomic E-state index is 0.289. The van der Waals surface area contributed by atoms with E-state index in [2.05, 4.69) is 25.4 Å². The Morgan fingerprint density at radius 2 is 2.15 bits per heavy atom. The summed E-state index contributed by atoms with van der Waals surface area (Å²) in [6, 6.07) is 1.87. The van der Waals surface area contributed by atoms with Gasteiger partial charge in [-0.3, -0.25) is 10.8 Å². The molecule has 6 N–H and O–H groups in total. The molecule has 2 aliphatic heterocycles. The van der Waals surface area contributed by atoms with E-state index >= 15 is 0 Å². The van der Waals surface area contributed by atoms with Crippen molar-refractivity contribution in [1.29, 1.82) is 0 Å². The van der Waals surface area contributed by atoms with Crippen LogP contribution in [-0.2, 0) is 10.4 Å². The zero-order chi connectivity index (χ0) is 14.2. The van der Waals surface area contributed by atoms with E-state index in [4.69, 9.17) is 16.2 Å². The number of nitrogens with one attached hydrogen (secondary N) is 2. The van der Waals surface area contributed by atoms with Gasteiger partial charge in [-0.05, 0) is 13.0 Å². The van der Waals surface area contributed by atoms with Crippen molar-refractivity contribution in [3.05, 3.63) is 29.4 Å². The molecule has 1 fully saturated rings. The molecule has 1 aromatic rings. The van der Waals surface area contributed by atoms with Gasteiger partial charge in [0.05, 0.1) is 13.2 Å². The van der Waals surface area contributed by atoms with Crippen LogP contribution in [0.5, 0.6) is 0 Å². The number of ether oxygens (including phenoxy) is 1. The SMILES string of the molecule is Cc1cc(C2(N)C=C(N3CCOCC3)NC(N)=N2)n[nH]1. The number of aliphatic imine (C=N–C) groups is 1. The predicted octanol–water partition coefficient (Wildman–Crippen LogP) is -1.08. The summed E-state index contributed by atoms with van der Waals surface area (Å²) in [4.78, 5) is 6.43. The molecular weight excluding hydrogens is 258 g/mol. The first-order valence-corrected chi connectivity index (χ1v) is 6.56. The Labute approximate surface area is 116 Å². The second-order valence-corrected chi connectivity index (χ2v) is 5.01. The van der Waals surface area contributed by atoms with E-state index in [0.29, 0.717) is 18.9 Å². The van der Waals surface area contributed by atoms with Gasteiger partial charge < -0.3 is 20.7 Å². The summed E-state index contributed by atoms with van der Waals surface area (Å²) in [5, 5.41) is 10.1. The largest absolute Gasteiger partial charge is 0.378 e. The molecule has 0 saturated carbocycles. The van der Waals surface area contributed by atoms with Crippen LogP contribution in [0.2, 0.25) is 0 Å². The Morgan fingerprint density at radius 3 is 2.80 bits per heavy atom. The van der Waals surface area contributed by atoms with Crippen molar-refractivity contribution >= 4 is 5.96 Å². The highest BCUT2D eigenvalue weighted by Gasteiger charge is 2.33. The molecule has 0 bridgehead atoms. The number of hydrogen-bond acceptors (Lipinski definition) is 7. The van der Waals surface area contributed by atoms with E-state index in [-0.39, 0.29) is 5.96 Å². The lowest BCUT2D eigenvalue weighted by Gasteiger charge is -2.35. The highest BCUT2D eigenvalue weighted by atomic mass is 16.5. The molecule has 0 radical (unpaired) electrons. The van der Waals surface area contributed by atoms with Gasteiger partial charge in [-0.2, -0.15) is 5.10 Å². The lowest BCUT2D eigenvalue weighted by atomic mass is 10.1. The van der Waals surface area contributed by atoms with Crippen molar-refractivity contribution in [2.45, 2.75) is 12.6 Å². The Bertz CT molecular complexity index is 558. The second-order valence-electron chi connectivity index (χ2n) is 5.01. The van der Waals surface area contributed by atoms with E-state index in [9.17, 15) is 0 Å². The topological polar surface area (TPSA) is 118 Å². The number of H-pyrrole nitrogens is 1. The maximum absolute atomic E-state index is 6.36. The Kier molecular flexibility index (Phi) is 3.11. The van der Waals surface area contributed by atoms with Crippen LogP contribution in [0.1, 0.15) is 11.4 Å². The molecule has 1 saturated heterocycles. The molecule has 1 unspecified atom stereocenters. The highest BCUT2D eigenvalue weighted by Crippen LogP contribution is 2.25. The van der Waals surface area contributed by atoms with Crippen LogP contribution in [0.4, 0.5) is 0 Å². The van der Waals surface area contributed by atoms with Crippen LogP contribution in [-0.4, -0.2) is 47.4 Å². The van der Waals surface area contributed by atoms with Crippen molar-refractivity contribution in [2.24, 2.45) is 16.5 Å². The summed E-state index contributed by atoms with van der Waals surface area (Å²) in [6.45, 7) is 4.88. The Hall–Kier alpha value is -2.06. The number of morpholine rings is 1. The molecule has 0 spiro atoms. The van der Waals surface area contributed by atoms with Crippen LogP contribution >= 0.6 is 0 Å². The van der Waals surface area contributed by atoms with Gasteiger partial charge in [-0.15, -0.1) is 0 Å². The lowest BCUT2D eigenvalue weighted by molar-refractivity contribution is 0.0508. The average Bonchev–Trinajstić information content (AvgIpc) is 2.86. The molecule has 0 aliphatic carbocycles. The summed E-state index contributed by atoms with van der Waals surface area (Å²) >= 11 is 0. The molecule has 1 aromatic heterocycles. The van der Waals surface area contributed by atoms with Gasteiger partial charge in [0.25, 0.3) is 0 Å². The Morgan fingerprint density at radius 1 is 1.40 bits per heavy atom. The van der Waals surface area contributed by atoms with Gasteiger partial charge in [0, 0.05) is 24.9 Å². The van der Waals surface area contributed by atoms with Crippen LogP contribution in [0, 0.1) is 6.92 Å². The maximum atomic E-state index is 6.36. The highest BCUT2D eigenvalue weighted by molar-refractivity contribution is 5.81. The molecule has 2 aliphatic rings. The third kappa shape index (κ3) is 2.35. The molecular formula is C12H19N7O. The van der Waals surface area contributed by atoms with Crippen LogP contribution < -0.4 is 16.8 Å². The van der Waals surface area contributed by atoms with Crippen LogP contribution in [0.3, 0.4) is 0 Å². The minimum Gasteiger partial charge on any atom is -0.378 e. The first-order chi connectivity index (χ1) is 9.57.